The van der Waals surface area contributed by atoms with Crippen LogP contribution in [0.25, 0.3) is 0 Å². The predicted molar refractivity (Wildman–Crippen MR) is 31.8 cm³/mol. The maximum Gasteiger partial charge on any atom is 0.430 e. The molecule has 0 unspecified atom stereocenters. The highest BCUT2D eigenvalue weighted by molar-refractivity contribution is 5.81. The van der Waals surface area contributed by atoms with Crippen LogP contribution in [0.3, 0.4) is 0 Å². The molecule has 0 aromatic rings. The average molecular weight is 142 g/mol. The normalized spacial score (nSPS) is 16.8. The summed E-state index contributed by atoms with van der Waals surface area (Å²) < 4.78 is 0. The zero-order chi connectivity index (χ0) is 7.56. The lowest BCUT2D eigenvalue weighted by molar-refractivity contribution is -0.124. The number of hydrazine groups is 1. The fraction of sp³-hybridized carbons (Fsp3) is 0.200. The number of carboxylic acid groups (broad SMARTS) is 1. The number of nitrogens with zero attached hydrogens (tertiary/aromatic N) is 1. The standard InChI is InChI=1S/C5H6N2O3/c8-4-2-1-3-7(6-4)5(9)10/h1,3H,2H2,(H,6,8)(H,9,10). The van der Waals surface area contributed by atoms with Crippen molar-refractivity contribution in [3.63, 3.8) is 0 Å². The number of carbonyl (C=O) groups excluding carboxylic acids is 1. The van der Waals surface area contributed by atoms with Crippen LogP contribution < -0.4 is 5.43 Å². The van der Waals surface area contributed by atoms with Crippen molar-refractivity contribution in [1.29, 1.82) is 0 Å². The van der Waals surface area contributed by atoms with E-state index in [1.807, 2.05) is 0 Å². The summed E-state index contributed by atoms with van der Waals surface area (Å²) in [6.45, 7) is 0. The Hall–Kier alpha value is -1.52. The number of carbonyl (C=O) groups is 2. The van der Waals surface area contributed by atoms with Crippen molar-refractivity contribution in [1.82, 2.24) is 10.4 Å². The summed E-state index contributed by atoms with van der Waals surface area (Å²) >= 11 is 0. The van der Waals surface area contributed by atoms with Crippen LogP contribution in [-0.2, 0) is 4.79 Å². The molecule has 0 bridgehead atoms. The van der Waals surface area contributed by atoms with Crippen LogP contribution in [0, 0.1) is 0 Å². The largest absolute Gasteiger partial charge is 0.463 e. The third-order valence-corrected chi connectivity index (χ3v) is 1.01. The SMILES string of the molecule is O=C1CC=CN(C(=O)O)N1. The van der Waals surface area contributed by atoms with E-state index in [1.165, 1.54) is 12.3 Å². The van der Waals surface area contributed by atoms with E-state index in [4.69, 9.17) is 5.11 Å². The van der Waals surface area contributed by atoms with Crippen molar-refractivity contribution in [2.24, 2.45) is 0 Å². The van der Waals surface area contributed by atoms with Crippen molar-refractivity contribution in [2.75, 3.05) is 0 Å². The second kappa shape index (κ2) is 2.38. The quantitative estimate of drug-likeness (QED) is 0.496. The molecular formula is C5H6N2O3. The predicted octanol–water partition coefficient (Wildman–Crippen LogP) is -0.0850. The maximum absolute atomic E-state index is 10.5. The topological polar surface area (TPSA) is 69.6 Å². The van der Waals surface area contributed by atoms with Gasteiger partial charge in [-0.25, -0.2) is 4.79 Å². The van der Waals surface area contributed by atoms with Gasteiger partial charge in [0.15, 0.2) is 0 Å². The number of amides is 2. The van der Waals surface area contributed by atoms with E-state index in [1.54, 1.807) is 0 Å². The first kappa shape index (κ1) is 6.60. The molecule has 1 aliphatic heterocycles. The summed E-state index contributed by atoms with van der Waals surface area (Å²) in [6, 6.07) is 0. The summed E-state index contributed by atoms with van der Waals surface area (Å²) in [5.74, 6) is -0.315. The van der Waals surface area contributed by atoms with Crippen molar-refractivity contribution >= 4 is 12.0 Å². The lowest BCUT2D eigenvalue weighted by Crippen LogP contribution is -2.43. The number of nitrogens with one attached hydrogen (secondary N) is 1. The molecule has 1 aliphatic rings. The van der Waals surface area contributed by atoms with Gasteiger partial charge in [0.05, 0.1) is 0 Å². The smallest absolute Gasteiger partial charge is 0.430 e. The van der Waals surface area contributed by atoms with Crippen LogP contribution in [-0.4, -0.2) is 22.1 Å². The van der Waals surface area contributed by atoms with Crippen LogP contribution in [0.4, 0.5) is 4.79 Å². The van der Waals surface area contributed by atoms with E-state index in [0.717, 1.165) is 0 Å². The molecule has 5 nitrogen and oxygen atoms in total. The average Bonchev–Trinajstić information content (AvgIpc) is 1.88. The highest BCUT2D eigenvalue weighted by atomic mass is 16.4. The van der Waals surface area contributed by atoms with E-state index in [2.05, 4.69) is 5.43 Å². The Morgan fingerprint density at radius 1 is 1.80 bits per heavy atom. The highest BCUT2D eigenvalue weighted by Crippen LogP contribution is 1.96. The van der Waals surface area contributed by atoms with Crippen LogP contribution in [0.5, 0.6) is 0 Å². The minimum atomic E-state index is -1.19. The summed E-state index contributed by atoms with van der Waals surface area (Å²) in [6.07, 6.45) is 1.82. The Kier molecular flexibility index (Phi) is 1.57. The van der Waals surface area contributed by atoms with Gasteiger partial charge >= 0.3 is 6.09 Å². The first-order chi connectivity index (χ1) is 4.70. The van der Waals surface area contributed by atoms with Gasteiger partial charge in [-0.05, 0) is 0 Å². The molecule has 0 atom stereocenters. The fourth-order valence-corrected chi connectivity index (χ4v) is 0.594. The summed E-state index contributed by atoms with van der Waals surface area (Å²) in [4.78, 5) is 20.7. The maximum atomic E-state index is 10.5. The highest BCUT2D eigenvalue weighted by Gasteiger charge is 2.14. The minimum Gasteiger partial charge on any atom is -0.463 e. The van der Waals surface area contributed by atoms with Crippen molar-refractivity contribution in [3.8, 4) is 0 Å². The molecule has 2 amide bonds. The van der Waals surface area contributed by atoms with Gasteiger partial charge in [0.1, 0.15) is 0 Å². The molecule has 54 valence electrons. The van der Waals surface area contributed by atoms with Crippen molar-refractivity contribution < 1.29 is 14.7 Å². The van der Waals surface area contributed by atoms with E-state index in [-0.39, 0.29) is 12.3 Å². The molecule has 0 aliphatic carbocycles. The van der Waals surface area contributed by atoms with E-state index in [0.29, 0.717) is 5.01 Å². The molecule has 0 aromatic heterocycles. The van der Waals surface area contributed by atoms with E-state index >= 15 is 0 Å². The number of hydrogen-bond donors (Lipinski definition) is 2. The molecule has 10 heavy (non-hydrogen) atoms. The second-order valence-corrected chi connectivity index (χ2v) is 1.78. The Morgan fingerprint density at radius 3 is 2.90 bits per heavy atom. The summed E-state index contributed by atoms with van der Waals surface area (Å²) in [7, 11) is 0. The molecule has 0 radical (unpaired) electrons. The molecule has 0 aromatic carbocycles. The number of rotatable bonds is 0. The Balaban J connectivity index is 2.64. The Morgan fingerprint density at radius 2 is 2.50 bits per heavy atom. The number of hydrogen-bond acceptors (Lipinski definition) is 2. The molecule has 1 rings (SSSR count). The minimum absolute atomic E-state index is 0.240. The van der Waals surface area contributed by atoms with E-state index < -0.39 is 6.09 Å². The van der Waals surface area contributed by atoms with Crippen molar-refractivity contribution in [2.45, 2.75) is 6.42 Å². The van der Waals surface area contributed by atoms with Crippen LogP contribution in [0.2, 0.25) is 0 Å². The monoisotopic (exact) mass is 142 g/mol. The Bertz CT molecular complexity index is 199. The lowest BCUT2D eigenvalue weighted by atomic mass is 10.4. The molecule has 0 fully saturated rings. The van der Waals surface area contributed by atoms with Gasteiger partial charge in [-0.1, -0.05) is 6.08 Å². The first-order valence-corrected chi connectivity index (χ1v) is 2.68. The molecule has 0 spiro atoms. The summed E-state index contributed by atoms with van der Waals surface area (Å²) in [5, 5.41) is 9.03. The third-order valence-electron chi connectivity index (χ3n) is 1.01. The molecular weight excluding hydrogens is 136 g/mol. The van der Waals surface area contributed by atoms with Gasteiger partial charge in [0.2, 0.25) is 5.91 Å². The Labute approximate surface area is 56.9 Å². The zero-order valence-corrected chi connectivity index (χ0v) is 5.07. The van der Waals surface area contributed by atoms with Crippen molar-refractivity contribution in [3.05, 3.63) is 12.3 Å². The van der Waals surface area contributed by atoms with Crippen LogP contribution in [0.1, 0.15) is 6.42 Å². The van der Waals surface area contributed by atoms with Gasteiger partial charge in [0.25, 0.3) is 0 Å². The molecule has 5 heteroatoms. The zero-order valence-electron chi connectivity index (χ0n) is 5.07. The van der Waals surface area contributed by atoms with Gasteiger partial charge < -0.3 is 5.11 Å². The lowest BCUT2D eigenvalue weighted by Gasteiger charge is -2.17. The molecule has 0 saturated heterocycles. The van der Waals surface area contributed by atoms with Gasteiger partial charge in [0, 0.05) is 12.6 Å². The fourth-order valence-electron chi connectivity index (χ4n) is 0.594. The van der Waals surface area contributed by atoms with Crippen LogP contribution >= 0.6 is 0 Å². The molecule has 1 heterocycles. The van der Waals surface area contributed by atoms with Gasteiger partial charge in [-0.3, -0.25) is 10.2 Å². The van der Waals surface area contributed by atoms with Gasteiger partial charge in [-0.2, -0.15) is 5.01 Å². The van der Waals surface area contributed by atoms with Crippen LogP contribution in [0.15, 0.2) is 12.3 Å². The third kappa shape index (κ3) is 1.25. The summed E-state index contributed by atoms with van der Waals surface area (Å²) in [5.41, 5.74) is 2.12. The van der Waals surface area contributed by atoms with E-state index in [9.17, 15) is 9.59 Å². The molecule has 0 saturated carbocycles. The first-order valence-electron chi connectivity index (χ1n) is 2.68. The second-order valence-electron chi connectivity index (χ2n) is 1.78. The van der Waals surface area contributed by atoms with Gasteiger partial charge in [-0.15, -0.1) is 0 Å². The molecule has 2 N–H and O–H groups in total.